The van der Waals surface area contributed by atoms with Gasteiger partial charge in [0.05, 0.1) is 11.0 Å². The van der Waals surface area contributed by atoms with Crippen LogP contribution in [0.25, 0.3) is 22.2 Å². The van der Waals surface area contributed by atoms with Crippen LogP contribution < -0.4 is 4.90 Å². The molecular formula is C35H44N4O2. The largest absolute Gasteiger partial charge is 0.385 e. The summed E-state index contributed by atoms with van der Waals surface area (Å²) in [7, 11) is 5.86. The second kappa shape index (κ2) is 13.3. The van der Waals surface area contributed by atoms with Crippen molar-refractivity contribution in [3.05, 3.63) is 84.2 Å². The van der Waals surface area contributed by atoms with Gasteiger partial charge in [-0.25, -0.2) is 4.98 Å². The van der Waals surface area contributed by atoms with Crippen LogP contribution in [0.15, 0.2) is 72.8 Å². The fraction of sp³-hybridized carbons (Fsp3) is 0.429. The number of ether oxygens (including phenoxy) is 1. The molecule has 41 heavy (non-hydrogen) atoms. The molecule has 0 aliphatic carbocycles. The zero-order valence-electron chi connectivity index (χ0n) is 25.1. The number of anilines is 1. The number of imidazole rings is 1. The third-order valence-electron chi connectivity index (χ3n) is 8.33. The summed E-state index contributed by atoms with van der Waals surface area (Å²) >= 11 is 0. The lowest BCUT2D eigenvalue weighted by Gasteiger charge is -2.33. The van der Waals surface area contributed by atoms with Crippen molar-refractivity contribution in [2.45, 2.75) is 51.5 Å². The Kier molecular flexibility index (Phi) is 9.40. The lowest BCUT2D eigenvalue weighted by Crippen LogP contribution is -2.40. The van der Waals surface area contributed by atoms with Crippen molar-refractivity contribution < 1.29 is 9.53 Å². The van der Waals surface area contributed by atoms with Crippen LogP contribution in [0.2, 0.25) is 0 Å². The quantitative estimate of drug-likeness (QED) is 0.193. The lowest BCUT2D eigenvalue weighted by atomic mass is 9.93. The van der Waals surface area contributed by atoms with Gasteiger partial charge < -0.3 is 19.1 Å². The first-order chi connectivity index (χ1) is 19.9. The molecule has 4 aromatic rings. The summed E-state index contributed by atoms with van der Waals surface area (Å²) in [5.74, 6) is 1.93. The van der Waals surface area contributed by atoms with E-state index in [2.05, 4.69) is 102 Å². The van der Waals surface area contributed by atoms with Crippen LogP contribution in [0.4, 0.5) is 5.69 Å². The van der Waals surface area contributed by atoms with Gasteiger partial charge in [-0.2, -0.15) is 0 Å². The summed E-state index contributed by atoms with van der Waals surface area (Å²) in [6.45, 7) is 5.40. The number of fused-ring (bicyclic) bond motifs is 1. The standard InChI is InChI=1S/C35H44N4O2/c1-26(23-27-12-14-28(15-13-27)29-16-18-31(19-17-29)37(2)3)24-34(40)38-20-7-9-30(25-38)35-36-32-10-5-6-11-33(32)39(35)21-8-22-41-4/h5-6,10-19,26,30H,7-9,20-25H2,1-4H3/t26-,30-/m1/s1. The molecule has 1 amide bonds. The van der Waals surface area contributed by atoms with Gasteiger partial charge in [0.25, 0.3) is 0 Å². The van der Waals surface area contributed by atoms with Crippen molar-refractivity contribution in [1.82, 2.24) is 14.5 Å². The fourth-order valence-corrected chi connectivity index (χ4v) is 6.11. The molecular weight excluding hydrogens is 508 g/mol. The lowest BCUT2D eigenvalue weighted by molar-refractivity contribution is -0.133. The highest BCUT2D eigenvalue weighted by molar-refractivity contribution is 5.77. The third-order valence-corrected chi connectivity index (χ3v) is 8.33. The molecule has 1 saturated heterocycles. The number of methoxy groups -OCH3 is 1. The van der Waals surface area contributed by atoms with Gasteiger partial charge in [0, 0.05) is 65.5 Å². The normalized spacial score (nSPS) is 16.2. The minimum atomic E-state index is 0.261. The molecule has 2 heterocycles. The molecule has 1 aliphatic heterocycles. The number of aromatic nitrogens is 2. The Morgan fingerprint density at radius 3 is 2.44 bits per heavy atom. The molecule has 0 N–H and O–H groups in total. The molecule has 0 unspecified atom stereocenters. The summed E-state index contributed by atoms with van der Waals surface area (Å²) < 4.78 is 7.67. The molecule has 1 fully saturated rings. The Hall–Kier alpha value is -3.64. The fourth-order valence-electron chi connectivity index (χ4n) is 6.11. The number of hydrogen-bond acceptors (Lipinski definition) is 4. The summed E-state index contributed by atoms with van der Waals surface area (Å²) in [4.78, 5) is 22.7. The van der Waals surface area contributed by atoms with E-state index in [1.807, 2.05) is 6.07 Å². The highest BCUT2D eigenvalue weighted by Gasteiger charge is 2.29. The van der Waals surface area contributed by atoms with Crippen LogP contribution in [0, 0.1) is 5.92 Å². The number of amides is 1. The van der Waals surface area contributed by atoms with E-state index in [1.54, 1.807) is 7.11 Å². The predicted octanol–water partition coefficient (Wildman–Crippen LogP) is 6.78. The van der Waals surface area contributed by atoms with Crippen molar-refractivity contribution in [1.29, 1.82) is 0 Å². The third kappa shape index (κ3) is 6.99. The Morgan fingerprint density at radius 2 is 1.73 bits per heavy atom. The number of carbonyl (C=O) groups is 1. The first-order valence-corrected chi connectivity index (χ1v) is 15.0. The van der Waals surface area contributed by atoms with E-state index >= 15 is 0 Å². The summed E-state index contributed by atoms with van der Waals surface area (Å²) in [5, 5.41) is 0. The van der Waals surface area contributed by atoms with Crippen LogP contribution in [-0.4, -0.2) is 61.3 Å². The first kappa shape index (κ1) is 28.9. The van der Waals surface area contributed by atoms with Crippen LogP contribution in [0.5, 0.6) is 0 Å². The van der Waals surface area contributed by atoms with Gasteiger partial charge in [-0.15, -0.1) is 0 Å². The predicted molar refractivity (Wildman–Crippen MR) is 168 cm³/mol. The number of aryl methyl sites for hydroxylation is 1. The van der Waals surface area contributed by atoms with Gasteiger partial charge in [-0.05, 0) is 72.6 Å². The molecule has 0 radical (unpaired) electrons. The minimum Gasteiger partial charge on any atom is -0.385 e. The molecule has 0 bridgehead atoms. The van der Waals surface area contributed by atoms with Gasteiger partial charge in [0.2, 0.25) is 5.91 Å². The van der Waals surface area contributed by atoms with Gasteiger partial charge in [0.15, 0.2) is 0 Å². The Labute approximate surface area is 244 Å². The van der Waals surface area contributed by atoms with Crippen molar-refractivity contribution in [3.8, 4) is 11.1 Å². The number of likely N-dealkylation sites (tertiary alicyclic amines) is 1. The molecule has 6 nitrogen and oxygen atoms in total. The van der Waals surface area contributed by atoms with Gasteiger partial charge >= 0.3 is 0 Å². The Bertz CT molecular complexity index is 1430. The van der Waals surface area contributed by atoms with Crippen LogP contribution in [0.3, 0.4) is 0 Å². The van der Waals surface area contributed by atoms with Gasteiger partial charge in [0.1, 0.15) is 5.82 Å². The number of hydrogen-bond donors (Lipinski definition) is 0. The van der Waals surface area contributed by atoms with Crippen molar-refractivity contribution in [2.24, 2.45) is 5.92 Å². The topological polar surface area (TPSA) is 50.6 Å². The number of rotatable bonds is 11. The van der Waals surface area contributed by atoms with Gasteiger partial charge in [-0.1, -0.05) is 55.5 Å². The monoisotopic (exact) mass is 552 g/mol. The number of benzene rings is 3. The molecule has 3 aromatic carbocycles. The highest BCUT2D eigenvalue weighted by atomic mass is 16.5. The molecule has 1 aromatic heterocycles. The Morgan fingerprint density at radius 1 is 1.02 bits per heavy atom. The van der Waals surface area contributed by atoms with Crippen LogP contribution >= 0.6 is 0 Å². The summed E-state index contributed by atoms with van der Waals surface area (Å²) in [5.41, 5.74) is 7.12. The average Bonchev–Trinajstić information content (AvgIpc) is 3.36. The molecule has 0 saturated carbocycles. The number of para-hydroxylation sites is 2. The van der Waals surface area contributed by atoms with Crippen LogP contribution in [-0.2, 0) is 22.5 Å². The maximum absolute atomic E-state index is 13.4. The molecule has 0 spiro atoms. The van der Waals surface area contributed by atoms with Gasteiger partial charge in [-0.3, -0.25) is 4.79 Å². The summed E-state index contributed by atoms with van der Waals surface area (Å²) in [6, 6.07) is 25.8. The molecule has 216 valence electrons. The van der Waals surface area contributed by atoms with E-state index < -0.39 is 0 Å². The second-order valence-electron chi connectivity index (χ2n) is 11.8. The van der Waals surface area contributed by atoms with Crippen molar-refractivity contribution in [3.63, 3.8) is 0 Å². The minimum absolute atomic E-state index is 0.261. The van der Waals surface area contributed by atoms with E-state index in [4.69, 9.17) is 9.72 Å². The molecule has 5 rings (SSSR count). The summed E-state index contributed by atoms with van der Waals surface area (Å²) in [6.07, 6.45) is 4.50. The van der Waals surface area contributed by atoms with E-state index in [-0.39, 0.29) is 17.7 Å². The highest BCUT2D eigenvalue weighted by Crippen LogP contribution is 2.31. The number of piperidine rings is 1. The van der Waals surface area contributed by atoms with Crippen molar-refractivity contribution in [2.75, 3.05) is 45.8 Å². The van der Waals surface area contributed by atoms with E-state index in [0.29, 0.717) is 6.42 Å². The smallest absolute Gasteiger partial charge is 0.222 e. The van der Waals surface area contributed by atoms with E-state index in [1.165, 1.54) is 27.9 Å². The maximum Gasteiger partial charge on any atom is 0.222 e. The first-order valence-electron chi connectivity index (χ1n) is 15.0. The van der Waals surface area contributed by atoms with E-state index in [0.717, 1.165) is 63.3 Å². The van der Waals surface area contributed by atoms with Crippen LogP contribution in [0.1, 0.15) is 49.9 Å². The molecule has 1 aliphatic rings. The molecule has 2 atom stereocenters. The zero-order valence-corrected chi connectivity index (χ0v) is 25.1. The molecule has 6 heteroatoms. The van der Waals surface area contributed by atoms with E-state index in [9.17, 15) is 4.79 Å². The maximum atomic E-state index is 13.4. The Balaban J connectivity index is 1.19. The zero-order chi connectivity index (χ0) is 28.8. The number of carbonyl (C=O) groups excluding carboxylic acids is 1. The average molecular weight is 553 g/mol. The second-order valence-corrected chi connectivity index (χ2v) is 11.8. The SMILES string of the molecule is COCCCn1c([C@@H]2CCCN(C(=O)C[C@H](C)Cc3ccc(-c4ccc(N(C)C)cc4)cc3)C2)nc2ccccc21. The van der Waals surface area contributed by atoms with Crippen molar-refractivity contribution >= 4 is 22.6 Å². The number of nitrogens with zero attached hydrogens (tertiary/aromatic N) is 4.